The van der Waals surface area contributed by atoms with E-state index in [-0.39, 0.29) is 48.6 Å². The van der Waals surface area contributed by atoms with Gasteiger partial charge in [0, 0.05) is 31.1 Å². The molecule has 0 aromatic heterocycles. The third-order valence-corrected chi connectivity index (χ3v) is 8.27. The number of nitrogens with one attached hydrogen (secondary N) is 1. The van der Waals surface area contributed by atoms with Crippen LogP contribution in [-0.2, 0) is 32.3 Å². The molecule has 0 spiro atoms. The molecule has 13 heteroatoms. The highest BCUT2D eigenvalue weighted by molar-refractivity contribution is 6.00. The zero-order valence-corrected chi connectivity index (χ0v) is 33.1. The smallest absolute Gasteiger partial charge is 0.255 e. The Kier molecular flexibility index (Phi) is 21.8. The van der Waals surface area contributed by atoms with E-state index in [2.05, 4.69) is 5.32 Å². The number of carbonyl (C=O) groups excluding carboxylic acids is 3. The quantitative estimate of drug-likeness (QED) is 0.148. The molecule has 1 unspecified atom stereocenters. The number of ether oxygens (including phenoxy) is 5. The van der Waals surface area contributed by atoms with E-state index in [0.29, 0.717) is 37.7 Å². The number of hydrogen-bond donors (Lipinski definition) is 5. The van der Waals surface area contributed by atoms with Gasteiger partial charge in [-0.15, -0.1) is 0 Å². The van der Waals surface area contributed by atoms with Gasteiger partial charge in [-0.05, 0) is 65.4 Å². The van der Waals surface area contributed by atoms with Crippen LogP contribution in [0.5, 0.6) is 23.0 Å². The molecule has 5 N–H and O–H groups in total. The van der Waals surface area contributed by atoms with Crippen LogP contribution < -0.4 is 19.5 Å². The van der Waals surface area contributed by atoms with Gasteiger partial charge in [-0.2, -0.15) is 0 Å². The molecule has 0 fully saturated rings. The monoisotopic (exact) mass is 779 g/mol. The van der Waals surface area contributed by atoms with Crippen LogP contribution in [0.3, 0.4) is 0 Å². The summed E-state index contributed by atoms with van der Waals surface area (Å²) < 4.78 is 26.0. The fourth-order valence-electron chi connectivity index (χ4n) is 4.82. The molecule has 0 radical (unpaired) electrons. The van der Waals surface area contributed by atoms with Crippen LogP contribution in [0.2, 0.25) is 0 Å². The Bertz CT molecular complexity index is 1670. The third kappa shape index (κ3) is 17.2. The van der Waals surface area contributed by atoms with Gasteiger partial charge in [0.15, 0.2) is 5.78 Å². The maximum absolute atomic E-state index is 12.5. The minimum absolute atomic E-state index is 0.00463. The molecule has 3 aromatic carbocycles. The summed E-state index contributed by atoms with van der Waals surface area (Å²) in [5.74, 6) is 0.734. The van der Waals surface area contributed by atoms with Gasteiger partial charge in [0.05, 0.1) is 59.4 Å². The summed E-state index contributed by atoms with van der Waals surface area (Å²) in [6.07, 6.45) is 3.89. The number of phenolic OH excluding ortho intramolecular Hbond substituents is 1. The molecule has 1 amide bonds. The Morgan fingerprint density at radius 3 is 1.89 bits per heavy atom. The molecule has 0 bridgehead atoms. The topological polar surface area (TPSA) is 190 Å². The number of aldehydes is 1. The van der Waals surface area contributed by atoms with Gasteiger partial charge in [-0.3, -0.25) is 9.59 Å². The average molecular weight is 780 g/mol. The van der Waals surface area contributed by atoms with E-state index < -0.39 is 23.9 Å². The number of fused-ring (bicyclic) bond motifs is 1. The van der Waals surface area contributed by atoms with Crippen molar-refractivity contribution in [3.8, 4) is 23.0 Å². The molecule has 5 atom stereocenters. The number of ketones is 1. The standard InChI is InChI=1S/C19H23NO6.C12H18O3.C12H16O3/c1-11-6-7-15(22)18(24)14(21)5-3-4-12-8-13(26-2)9-16(23)17(12)19(25)20-10-11;2*1-10(7-13)8-15-9-11-3-5-12(14-2)6-4-11/h3-4,6-9,11,14,18,21,23-24H,5,10H2,1-2H3,(H,20,25);3-6,10,13H,7-9H2,1-2H3;3-7,10H,8-9H2,1-2H3/b4-3+,7-6-;;/t11-,14+,18?;2*10-/m111/s1. The van der Waals surface area contributed by atoms with Crippen LogP contribution in [0.1, 0.15) is 54.2 Å². The minimum atomic E-state index is -1.53. The lowest BCUT2D eigenvalue weighted by molar-refractivity contribution is -0.127. The second-order valence-corrected chi connectivity index (χ2v) is 13.3. The highest BCUT2D eigenvalue weighted by atomic mass is 16.5. The lowest BCUT2D eigenvalue weighted by atomic mass is 10.0. The molecule has 4 rings (SSSR count). The highest BCUT2D eigenvalue weighted by Gasteiger charge is 2.22. The van der Waals surface area contributed by atoms with Crippen LogP contribution >= 0.6 is 0 Å². The van der Waals surface area contributed by atoms with E-state index in [9.17, 15) is 29.7 Å². The first-order chi connectivity index (χ1) is 26.8. The maximum Gasteiger partial charge on any atom is 0.255 e. The summed E-state index contributed by atoms with van der Waals surface area (Å²) in [5, 5.41) is 41.6. The Morgan fingerprint density at radius 1 is 0.821 bits per heavy atom. The Morgan fingerprint density at radius 2 is 1.38 bits per heavy atom. The summed E-state index contributed by atoms with van der Waals surface area (Å²) in [6.45, 7) is 8.13. The minimum Gasteiger partial charge on any atom is -0.507 e. The molecular formula is C43H57NO12. The first-order valence-corrected chi connectivity index (χ1v) is 18.3. The van der Waals surface area contributed by atoms with Crippen LogP contribution in [0.15, 0.2) is 78.9 Å². The van der Waals surface area contributed by atoms with Gasteiger partial charge in [0.1, 0.15) is 35.4 Å². The third-order valence-electron chi connectivity index (χ3n) is 8.27. The summed E-state index contributed by atoms with van der Waals surface area (Å²) in [6, 6.07) is 18.4. The van der Waals surface area contributed by atoms with Crippen molar-refractivity contribution in [2.75, 3.05) is 47.7 Å². The molecule has 13 nitrogen and oxygen atoms in total. The van der Waals surface area contributed by atoms with Crippen molar-refractivity contribution in [3.05, 3.63) is 101 Å². The molecule has 306 valence electrons. The predicted octanol–water partition coefficient (Wildman–Crippen LogP) is 4.92. The number of aliphatic hydroxyl groups is 3. The number of benzene rings is 3. The fraction of sp³-hybridized carbons (Fsp3) is 0.419. The normalized spacial score (nSPS) is 19.1. The Balaban J connectivity index is 0.000000310. The van der Waals surface area contributed by atoms with Crippen LogP contribution in [0.4, 0.5) is 0 Å². The first kappa shape index (κ1) is 47.1. The molecule has 56 heavy (non-hydrogen) atoms. The van der Waals surface area contributed by atoms with Gasteiger partial charge in [0.25, 0.3) is 5.91 Å². The van der Waals surface area contributed by atoms with E-state index in [1.54, 1.807) is 33.3 Å². The van der Waals surface area contributed by atoms with Gasteiger partial charge < -0.3 is 54.2 Å². The number of rotatable bonds is 13. The largest absolute Gasteiger partial charge is 0.507 e. The van der Waals surface area contributed by atoms with Gasteiger partial charge in [-0.1, -0.05) is 63.3 Å². The lowest BCUT2D eigenvalue weighted by Gasteiger charge is -2.16. The van der Waals surface area contributed by atoms with Crippen molar-refractivity contribution in [2.45, 2.75) is 52.6 Å². The van der Waals surface area contributed by atoms with Crippen LogP contribution in [0.25, 0.3) is 6.08 Å². The first-order valence-electron chi connectivity index (χ1n) is 18.3. The van der Waals surface area contributed by atoms with E-state index >= 15 is 0 Å². The summed E-state index contributed by atoms with van der Waals surface area (Å²) in [5.41, 5.74) is 2.67. The number of phenols is 1. The summed E-state index contributed by atoms with van der Waals surface area (Å²) >= 11 is 0. The van der Waals surface area contributed by atoms with E-state index in [1.807, 2.05) is 62.4 Å². The van der Waals surface area contributed by atoms with Crippen molar-refractivity contribution >= 4 is 24.1 Å². The highest BCUT2D eigenvalue weighted by Crippen LogP contribution is 2.29. The molecular weight excluding hydrogens is 722 g/mol. The van der Waals surface area contributed by atoms with Crippen molar-refractivity contribution in [3.63, 3.8) is 0 Å². The summed E-state index contributed by atoms with van der Waals surface area (Å²) in [7, 11) is 4.72. The number of carbonyl (C=O) groups is 3. The number of methoxy groups -OCH3 is 3. The van der Waals surface area contributed by atoms with E-state index in [1.165, 1.54) is 31.4 Å². The van der Waals surface area contributed by atoms with Gasteiger partial charge in [0.2, 0.25) is 0 Å². The molecule has 0 aliphatic carbocycles. The van der Waals surface area contributed by atoms with Crippen molar-refractivity contribution < 1.29 is 58.5 Å². The van der Waals surface area contributed by atoms with Crippen LogP contribution in [-0.4, -0.2) is 98.3 Å². The SMILES string of the molecule is COc1cc(O)c2c(c1)/C=C/C[C@H](O)C(O)C(=O)/C=C\[C@@H](C)CNC2=O.COc1ccc(COC[C@H](C)C=O)cc1.COc1ccc(COC[C@H](C)CO)cc1. The maximum atomic E-state index is 12.5. The Labute approximate surface area is 329 Å². The molecule has 0 saturated carbocycles. The van der Waals surface area contributed by atoms with Crippen molar-refractivity contribution in [2.24, 2.45) is 17.8 Å². The molecule has 1 heterocycles. The second-order valence-electron chi connectivity index (χ2n) is 13.3. The number of aliphatic hydroxyl groups excluding tert-OH is 3. The summed E-state index contributed by atoms with van der Waals surface area (Å²) in [4.78, 5) is 34.7. The van der Waals surface area contributed by atoms with E-state index in [4.69, 9.17) is 28.8 Å². The lowest BCUT2D eigenvalue weighted by Crippen LogP contribution is -2.33. The number of aromatic hydroxyl groups is 1. The van der Waals surface area contributed by atoms with Crippen molar-refractivity contribution in [1.29, 1.82) is 0 Å². The number of amides is 1. The fourth-order valence-corrected chi connectivity index (χ4v) is 4.82. The molecule has 1 aliphatic heterocycles. The van der Waals surface area contributed by atoms with E-state index in [0.717, 1.165) is 28.9 Å². The average Bonchev–Trinajstić information content (AvgIpc) is 3.21. The van der Waals surface area contributed by atoms with Crippen LogP contribution in [0, 0.1) is 17.8 Å². The number of hydrogen-bond acceptors (Lipinski definition) is 12. The molecule has 0 saturated heterocycles. The zero-order valence-electron chi connectivity index (χ0n) is 33.1. The predicted molar refractivity (Wildman–Crippen MR) is 213 cm³/mol. The second kappa shape index (κ2) is 25.9. The zero-order chi connectivity index (χ0) is 41.5. The van der Waals surface area contributed by atoms with Gasteiger partial charge >= 0.3 is 0 Å². The van der Waals surface area contributed by atoms with Gasteiger partial charge in [-0.25, -0.2) is 0 Å². The van der Waals surface area contributed by atoms with Crippen molar-refractivity contribution in [1.82, 2.24) is 5.32 Å². The Hall–Kier alpha value is -5.05. The molecule has 3 aromatic rings. The molecule has 1 aliphatic rings.